The van der Waals surface area contributed by atoms with Crippen LogP contribution in [0, 0.1) is 0 Å². The summed E-state index contributed by atoms with van der Waals surface area (Å²) in [5.74, 6) is 2.02. The molecule has 3 N–H and O–H groups in total. The maximum atomic E-state index is 11.0. The molecule has 0 bridgehead atoms. The third kappa shape index (κ3) is 4.66. The van der Waals surface area contributed by atoms with Crippen LogP contribution in [-0.2, 0) is 6.54 Å². The van der Waals surface area contributed by atoms with Crippen molar-refractivity contribution < 1.29 is 4.79 Å². The van der Waals surface area contributed by atoms with E-state index in [4.69, 9.17) is 17.3 Å². The molecule has 0 aliphatic carbocycles. The second-order valence-electron chi connectivity index (χ2n) is 4.80. The van der Waals surface area contributed by atoms with Gasteiger partial charge in [-0.2, -0.15) is 11.8 Å². The van der Waals surface area contributed by atoms with Crippen molar-refractivity contribution in [2.45, 2.75) is 6.54 Å². The second-order valence-corrected chi connectivity index (χ2v) is 6.43. The zero-order chi connectivity index (χ0) is 14.4. The Kier molecular flexibility index (Phi) is 6.16. The first kappa shape index (κ1) is 15.6. The molecule has 6 heteroatoms. The zero-order valence-corrected chi connectivity index (χ0v) is 13.0. The maximum absolute atomic E-state index is 11.0. The normalized spacial score (nSPS) is 16.2. The average Bonchev–Trinajstić information content (AvgIpc) is 2.46. The molecule has 1 aromatic carbocycles. The van der Waals surface area contributed by atoms with Crippen LogP contribution in [0.25, 0.3) is 0 Å². The Labute approximate surface area is 129 Å². The van der Waals surface area contributed by atoms with Gasteiger partial charge in [-0.25, -0.2) is 0 Å². The highest BCUT2D eigenvalue weighted by atomic mass is 35.5. The summed E-state index contributed by atoms with van der Waals surface area (Å²) in [6.07, 6.45) is 0. The molecule has 1 aliphatic heterocycles. The highest BCUT2D eigenvalue weighted by Crippen LogP contribution is 2.17. The van der Waals surface area contributed by atoms with Crippen molar-refractivity contribution in [2.24, 2.45) is 5.73 Å². The molecule has 1 amide bonds. The van der Waals surface area contributed by atoms with E-state index in [1.54, 1.807) is 12.1 Å². The maximum Gasteiger partial charge on any atom is 0.248 e. The van der Waals surface area contributed by atoms with E-state index in [0.717, 1.165) is 18.7 Å². The molecule has 1 heterocycles. The van der Waals surface area contributed by atoms with Crippen molar-refractivity contribution in [3.05, 3.63) is 34.3 Å². The minimum Gasteiger partial charge on any atom is -0.366 e. The van der Waals surface area contributed by atoms with Gasteiger partial charge < -0.3 is 16.0 Å². The third-order valence-corrected chi connectivity index (χ3v) is 4.66. The van der Waals surface area contributed by atoms with Gasteiger partial charge in [-0.05, 0) is 17.7 Å². The number of carbonyl (C=O) groups excluding carboxylic acids is 1. The molecule has 0 unspecified atom stereocenters. The lowest BCUT2D eigenvalue weighted by Crippen LogP contribution is -2.37. The standard InChI is InChI=1S/C14H20ClN3OS/c15-13-9-11(14(16)19)1-2-12(13)10-17-3-4-18-5-7-20-8-6-18/h1-2,9,17H,3-8,10H2,(H2,16,19). The SMILES string of the molecule is NC(=O)c1ccc(CNCCN2CCSCC2)c(Cl)c1. The number of nitrogens with one attached hydrogen (secondary N) is 1. The molecule has 20 heavy (non-hydrogen) atoms. The number of halogens is 1. The number of hydrogen-bond acceptors (Lipinski definition) is 4. The van der Waals surface area contributed by atoms with Crippen molar-refractivity contribution in [3.63, 3.8) is 0 Å². The monoisotopic (exact) mass is 313 g/mol. The predicted molar refractivity (Wildman–Crippen MR) is 85.4 cm³/mol. The minimum absolute atomic E-state index is 0.449. The first-order valence-corrected chi connectivity index (χ1v) is 8.29. The van der Waals surface area contributed by atoms with Crippen LogP contribution in [0.5, 0.6) is 0 Å². The molecular weight excluding hydrogens is 294 g/mol. The van der Waals surface area contributed by atoms with Crippen molar-refractivity contribution in [1.29, 1.82) is 0 Å². The van der Waals surface area contributed by atoms with Gasteiger partial charge in [-0.3, -0.25) is 4.79 Å². The minimum atomic E-state index is -0.450. The van der Waals surface area contributed by atoms with Gasteiger partial charge >= 0.3 is 0 Å². The van der Waals surface area contributed by atoms with Gasteiger partial charge in [0.1, 0.15) is 0 Å². The molecule has 0 spiro atoms. The van der Waals surface area contributed by atoms with Gasteiger partial charge in [0.25, 0.3) is 0 Å². The van der Waals surface area contributed by atoms with E-state index in [-0.39, 0.29) is 0 Å². The molecule has 0 radical (unpaired) electrons. The Bertz CT molecular complexity index is 464. The van der Waals surface area contributed by atoms with E-state index in [9.17, 15) is 4.79 Å². The van der Waals surface area contributed by atoms with Crippen LogP contribution in [0.15, 0.2) is 18.2 Å². The fraction of sp³-hybridized carbons (Fsp3) is 0.500. The van der Waals surface area contributed by atoms with Gasteiger partial charge in [0.2, 0.25) is 5.91 Å². The van der Waals surface area contributed by atoms with E-state index >= 15 is 0 Å². The van der Waals surface area contributed by atoms with E-state index in [0.29, 0.717) is 17.1 Å². The van der Waals surface area contributed by atoms with Crippen molar-refractivity contribution in [3.8, 4) is 0 Å². The fourth-order valence-electron chi connectivity index (χ4n) is 2.13. The topological polar surface area (TPSA) is 58.4 Å². The summed E-state index contributed by atoms with van der Waals surface area (Å²) in [7, 11) is 0. The number of benzene rings is 1. The Morgan fingerprint density at radius 3 is 2.80 bits per heavy atom. The first-order valence-electron chi connectivity index (χ1n) is 6.76. The summed E-state index contributed by atoms with van der Waals surface area (Å²) in [5.41, 5.74) is 6.66. The van der Waals surface area contributed by atoms with Crippen LogP contribution in [0.4, 0.5) is 0 Å². The molecule has 0 atom stereocenters. The molecule has 4 nitrogen and oxygen atoms in total. The lowest BCUT2D eigenvalue weighted by Gasteiger charge is -2.26. The molecule has 0 aromatic heterocycles. The van der Waals surface area contributed by atoms with Gasteiger partial charge in [-0.1, -0.05) is 17.7 Å². The largest absolute Gasteiger partial charge is 0.366 e. The number of nitrogens with two attached hydrogens (primary N) is 1. The zero-order valence-electron chi connectivity index (χ0n) is 11.4. The quantitative estimate of drug-likeness (QED) is 0.783. The van der Waals surface area contributed by atoms with Gasteiger partial charge in [-0.15, -0.1) is 0 Å². The number of primary amides is 1. The second kappa shape index (κ2) is 7.88. The van der Waals surface area contributed by atoms with E-state index < -0.39 is 5.91 Å². The van der Waals surface area contributed by atoms with Crippen molar-refractivity contribution in [1.82, 2.24) is 10.2 Å². The third-order valence-electron chi connectivity index (χ3n) is 3.36. The van der Waals surface area contributed by atoms with Crippen LogP contribution in [0.3, 0.4) is 0 Å². The number of hydrogen-bond donors (Lipinski definition) is 2. The Morgan fingerprint density at radius 1 is 1.40 bits per heavy atom. The summed E-state index contributed by atoms with van der Waals surface area (Å²) in [6, 6.07) is 5.20. The van der Waals surface area contributed by atoms with Crippen LogP contribution >= 0.6 is 23.4 Å². The van der Waals surface area contributed by atoms with Crippen LogP contribution in [0.2, 0.25) is 5.02 Å². The smallest absolute Gasteiger partial charge is 0.248 e. The Morgan fingerprint density at radius 2 is 2.15 bits per heavy atom. The van der Waals surface area contributed by atoms with Gasteiger partial charge in [0.15, 0.2) is 0 Å². The predicted octanol–water partition coefficient (Wildman–Crippen LogP) is 1.58. The molecule has 0 saturated carbocycles. The first-order chi connectivity index (χ1) is 9.66. The number of thioether (sulfide) groups is 1. The summed E-state index contributed by atoms with van der Waals surface area (Å²) < 4.78 is 0. The summed E-state index contributed by atoms with van der Waals surface area (Å²) in [4.78, 5) is 13.5. The highest BCUT2D eigenvalue weighted by Gasteiger charge is 2.09. The number of carbonyl (C=O) groups is 1. The fourth-order valence-corrected chi connectivity index (χ4v) is 3.36. The average molecular weight is 314 g/mol. The summed E-state index contributed by atoms with van der Waals surface area (Å²) in [5, 5.41) is 3.98. The Hall–Kier alpha value is -0.750. The van der Waals surface area contributed by atoms with Crippen LogP contribution in [0.1, 0.15) is 15.9 Å². The van der Waals surface area contributed by atoms with Crippen LogP contribution < -0.4 is 11.1 Å². The Balaban J connectivity index is 1.74. The van der Waals surface area contributed by atoms with Crippen LogP contribution in [-0.4, -0.2) is 48.5 Å². The lowest BCUT2D eigenvalue weighted by molar-refractivity contribution is 0.100. The van der Waals surface area contributed by atoms with E-state index in [1.807, 2.05) is 17.8 Å². The van der Waals surface area contributed by atoms with Gasteiger partial charge in [0.05, 0.1) is 0 Å². The van der Waals surface area contributed by atoms with Crippen molar-refractivity contribution in [2.75, 3.05) is 37.7 Å². The molecule has 2 rings (SSSR count). The molecular formula is C14H20ClN3OS. The molecule has 110 valence electrons. The highest BCUT2D eigenvalue weighted by molar-refractivity contribution is 7.99. The molecule has 1 saturated heterocycles. The number of amides is 1. The summed E-state index contributed by atoms with van der Waals surface area (Å²) in [6.45, 7) is 5.08. The van der Waals surface area contributed by atoms with Gasteiger partial charge in [0, 0.05) is 54.8 Å². The molecule has 1 aromatic rings. The summed E-state index contributed by atoms with van der Waals surface area (Å²) >= 11 is 8.16. The lowest BCUT2D eigenvalue weighted by atomic mass is 10.1. The van der Waals surface area contributed by atoms with E-state index in [1.165, 1.54) is 24.6 Å². The van der Waals surface area contributed by atoms with Crippen molar-refractivity contribution >= 4 is 29.3 Å². The molecule has 1 fully saturated rings. The molecule has 1 aliphatic rings. The van der Waals surface area contributed by atoms with E-state index in [2.05, 4.69) is 10.2 Å². The number of rotatable bonds is 6. The number of nitrogens with zero attached hydrogens (tertiary/aromatic N) is 1.